The molecule has 0 aromatic carbocycles. The molecular weight excluding hydrogens is 648 g/mol. The third kappa shape index (κ3) is 31.0. The summed E-state index contributed by atoms with van der Waals surface area (Å²) >= 11 is 0. The molecule has 0 saturated heterocycles. The zero-order chi connectivity index (χ0) is 21.0. The Bertz CT molecular complexity index is 508. The Morgan fingerprint density at radius 3 is 0.781 bits per heavy atom. The molecular formula is C14H23CaN3Na3O10Yb+5. The topological polar surface area (TPSA) is 196 Å². The molecule has 13 nitrogen and oxygen atoms in total. The van der Waals surface area contributed by atoms with Gasteiger partial charge in [0.05, 0.1) is 32.7 Å². The molecule has 0 saturated carbocycles. The second kappa shape index (κ2) is 28.6. The van der Waals surface area contributed by atoms with Gasteiger partial charge in [-0.3, -0.25) is 38.7 Å². The summed E-state index contributed by atoms with van der Waals surface area (Å²) in [5.41, 5.74) is 0. The maximum Gasteiger partial charge on any atom is 2.00 e. The molecule has 0 unspecified atom stereocenters. The maximum absolute atomic E-state index is 11.0. The van der Waals surface area contributed by atoms with Gasteiger partial charge in [0.1, 0.15) is 0 Å². The van der Waals surface area contributed by atoms with E-state index in [1.807, 2.05) is 0 Å². The van der Waals surface area contributed by atoms with Crippen molar-refractivity contribution in [3.63, 3.8) is 0 Å². The molecule has 0 atom stereocenters. The average molecular weight is 671 g/mol. The first-order valence-corrected chi connectivity index (χ1v) is 7.75. The molecule has 0 spiro atoms. The number of carboxylic acid groups (broad SMARTS) is 5. The Balaban J connectivity index is -0.000000338. The fourth-order valence-corrected chi connectivity index (χ4v) is 2.22. The van der Waals surface area contributed by atoms with Crippen LogP contribution in [0.3, 0.4) is 0 Å². The van der Waals surface area contributed by atoms with E-state index in [1.165, 1.54) is 4.90 Å². The van der Waals surface area contributed by atoms with Crippen LogP contribution in [0.25, 0.3) is 0 Å². The monoisotopic (exact) mass is 671 g/mol. The van der Waals surface area contributed by atoms with Gasteiger partial charge in [-0.25, -0.2) is 0 Å². The van der Waals surface area contributed by atoms with Crippen LogP contribution in [-0.2, 0) is 24.0 Å². The number of carbonyl (C=O) groups is 5. The summed E-state index contributed by atoms with van der Waals surface area (Å²) in [5.74, 6) is -6.16. The first-order valence-electron chi connectivity index (χ1n) is 7.75. The summed E-state index contributed by atoms with van der Waals surface area (Å²) in [5, 5.41) is 44.1. The Kier molecular flexibility index (Phi) is 43.0. The molecule has 18 heteroatoms. The third-order valence-electron chi connectivity index (χ3n) is 3.26. The second-order valence-corrected chi connectivity index (χ2v) is 5.67. The van der Waals surface area contributed by atoms with Crippen LogP contribution >= 0.6 is 0 Å². The number of hydrogen-bond donors (Lipinski definition) is 5. The molecule has 0 amide bonds. The summed E-state index contributed by atoms with van der Waals surface area (Å²) < 4.78 is 0. The fourth-order valence-electron chi connectivity index (χ4n) is 2.22. The quantitative estimate of drug-likeness (QED) is 0.0972. The van der Waals surface area contributed by atoms with Gasteiger partial charge in [-0.2, -0.15) is 0 Å². The van der Waals surface area contributed by atoms with Crippen molar-refractivity contribution < 1.29 is 185 Å². The zero-order valence-corrected chi connectivity index (χ0v) is 28.4. The maximum atomic E-state index is 11.0. The van der Waals surface area contributed by atoms with E-state index in [0.29, 0.717) is 0 Å². The molecule has 32 heavy (non-hydrogen) atoms. The van der Waals surface area contributed by atoms with Crippen molar-refractivity contribution in [2.45, 2.75) is 0 Å². The normalized spacial score (nSPS) is 9.34. The molecule has 0 aromatic rings. The predicted molar refractivity (Wildman–Crippen MR) is 93.3 cm³/mol. The van der Waals surface area contributed by atoms with E-state index >= 15 is 0 Å². The van der Waals surface area contributed by atoms with Crippen LogP contribution in [0, 0.1) is 46.9 Å². The van der Waals surface area contributed by atoms with E-state index in [-0.39, 0.29) is 200 Å². The Morgan fingerprint density at radius 2 is 0.594 bits per heavy atom. The van der Waals surface area contributed by atoms with Gasteiger partial charge in [0.15, 0.2) is 0 Å². The van der Waals surface area contributed by atoms with Gasteiger partial charge in [0, 0.05) is 73.1 Å². The van der Waals surface area contributed by atoms with E-state index in [4.69, 9.17) is 25.5 Å². The van der Waals surface area contributed by atoms with Gasteiger partial charge in [0.25, 0.3) is 0 Å². The van der Waals surface area contributed by atoms with E-state index in [0.717, 1.165) is 9.80 Å². The summed E-state index contributed by atoms with van der Waals surface area (Å²) in [6.45, 7) is -2.74. The zero-order valence-electron chi connectivity index (χ0n) is 18.5. The first kappa shape index (κ1) is 48.1. The van der Waals surface area contributed by atoms with Crippen molar-refractivity contribution in [2.24, 2.45) is 0 Å². The van der Waals surface area contributed by atoms with Crippen molar-refractivity contribution in [2.75, 3.05) is 58.9 Å². The van der Waals surface area contributed by atoms with Gasteiger partial charge in [0.2, 0.25) is 0 Å². The number of nitrogens with zero attached hydrogens (tertiary/aromatic N) is 3. The minimum atomic E-state index is -1.24. The predicted octanol–water partition coefficient (Wildman–Crippen LogP) is -12.1. The molecule has 0 fully saturated rings. The van der Waals surface area contributed by atoms with Crippen LogP contribution in [-0.4, -0.2) is 167 Å². The van der Waals surface area contributed by atoms with Crippen LogP contribution in [0.2, 0.25) is 0 Å². The van der Waals surface area contributed by atoms with Gasteiger partial charge in [-0.05, 0) is 0 Å². The molecule has 0 aliphatic rings. The molecule has 5 N–H and O–H groups in total. The number of carboxylic acids is 5. The van der Waals surface area contributed by atoms with Gasteiger partial charge < -0.3 is 25.5 Å². The first-order chi connectivity index (χ1) is 12.5. The number of rotatable bonds is 16. The SMILES string of the molecule is O=C(O)CN(CCN(CC(=O)O)CC(=O)O)CCN(CC(=O)O)CC(=O)O.[169Yb].[Ca+2].[Na+].[Na+].[Na+]. The Morgan fingerprint density at radius 1 is 0.438 bits per heavy atom. The molecule has 0 heterocycles. The molecule has 0 bridgehead atoms. The van der Waals surface area contributed by atoms with Crippen molar-refractivity contribution in [3.05, 3.63) is 0 Å². The smallest absolute Gasteiger partial charge is 0.480 e. The largest absolute Gasteiger partial charge is 2.00 e. The van der Waals surface area contributed by atoms with E-state index in [1.54, 1.807) is 0 Å². The average Bonchev–Trinajstić information content (AvgIpc) is 2.46. The van der Waals surface area contributed by atoms with Crippen LogP contribution in [0.4, 0.5) is 0 Å². The van der Waals surface area contributed by atoms with Gasteiger partial charge in [-0.15, -0.1) is 0 Å². The van der Waals surface area contributed by atoms with Gasteiger partial charge in [-0.1, -0.05) is 0 Å². The van der Waals surface area contributed by atoms with Crippen LogP contribution in [0.15, 0.2) is 0 Å². The molecule has 0 aliphatic heterocycles. The third-order valence-corrected chi connectivity index (χ3v) is 3.26. The Labute approximate surface area is 320 Å². The summed E-state index contributed by atoms with van der Waals surface area (Å²) in [6.07, 6.45) is 0. The van der Waals surface area contributed by atoms with E-state index in [2.05, 4.69) is 0 Å². The van der Waals surface area contributed by atoms with Crippen molar-refractivity contribution in [3.8, 4) is 0 Å². The number of aliphatic carboxylic acids is 5. The minimum Gasteiger partial charge on any atom is -0.480 e. The van der Waals surface area contributed by atoms with E-state index < -0.39 is 62.6 Å². The number of hydrogen-bond acceptors (Lipinski definition) is 8. The van der Waals surface area contributed by atoms with Crippen LogP contribution in [0.5, 0.6) is 0 Å². The molecule has 0 radical (unpaired) electrons. The fraction of sp³-hybridized carbons (Fsp3) is 0.643. The van der Waals surface area contributed by atoms with Crippen LogP contribution < -0.4 is 88.7 Å². The van der Waals surface area contributed by atoms with E-state index in [9.17, 15) is 24.0 Å². The summed E-state index contributed by atoms with van der Waals surface area (Å²) in [4.78, 5) is 57.6. The van der Waals surface area contributed by atoms with Crippen molar-refractivity contribution in [1.29, 1.82) is 0 Å². The standard InChI is InChI=1S/C14H23N3O10.Ca.3Na.Yb/c18-10(19)5-15(1-3-16(6-11(20)21)7-12(22)23)2-4-17(8-13(24)25)9-14(26)27;;;;;/h1-9H2,(H,18,19)(H,20,21)(H,22,23)(H,24,25)(H,26,27);;;;;/q;+2;3*+1;/i;;;;;1-4. The van der Waals surface area contributed by atoms with Crippen molar-refractivity contribution >= 4 is 67.6 Å². The van der Waals surface area contributed by atoms with Crippen molar-refractivity contribution in [1.82, 2.24) is 14.7 Å². The summed E-state index contributed by atoms with van der Waals surface area (Å²) in [6, 6.07) is 0. The van der Waals surface area contributed by atoms with Gasteiger partial charge >= 0.3 is 156 Å². The molecule has 0 aliphatic carbocycles. The molecule has 168 valence electrons. The molecule has 0 rings (SSSR count). The Hall–Kier alpha value is 3.01. The minimum absolute atomic E-state index is 0. The second-order valence-electron chi connectivity index (χ2n) is 5.67. The van der Waals surface area contributed by atoms with Crippen LogP contribution in [0.1, 0.15) is 0 Å². The molecule has 0 aromatic heterocycles. The summed E-state index contributed by atoms with van der Waals surface area (Å²) in [7, 11) is 0.